The lowest BCUT2D eigenvalue weighted by Crippen LogP contribution is -2.42. The summed E-state index contributed by atoms with van der Waals surface area (Å²) in [5.74, 6) is -1.38. The van der Waals surface area contributed by atoms with Crippen LogP contribution in [0.5, 0.6) is 0 Å². The van der Waals surface area contributed by atoms with Crippen LogP contribution in [0.4, 0.5) is 8.78 Å². The third-order valence-corrected chi connectivity index (χ3v) is 3.64. The van der Waals surface area contributed by atoms with Crippen LogP contribution in [0.2, 0.25) is 0 Å². The van der Waals surface area contributed by atoms with E-state index in [0.29, 0.717) is 18.5 Å². The zero-order chi connectivity index (χ0) is 21.7. The Morgan fingerprint density at radius 1 is 1.29 bits per heavy atom. The van der Waals surface area contributed by atoms with Crippen molar-refractivity contribution in [1.29, 1.82) is 5.41 Å². The van der Waals surface area contributed by atoms with Crippen LogP contribution in [0, 0.1) is 5.41 Å². The maximum absolute atomic E-state index is 14.5. The number of hydrogen-bond donors (Lipinski definition) is 5. The van der Waals surface area contributed by atoms with E-state index in [1.165, 1.54) is 25.4 Å². The number of allylic oxidation sites excluding steroid dienone is 6. The Labute approximate surface area is 166 Å². The highest BCUT2D eigenvalue weighted by atomic mass is 19.1. The van der Waals surface area contributed by atoms with E-state index in [0.717, 1.165) is 6.08 Å². The summed E-state index contributed by atoms with van der Waals surface area (Å²) in [5, 5.41) is 13.0. The first-order valence-corrected chi connectivity index (χ1v) is 9.08. The molecule has 0 aliphatic rings. The lowest BCUT2D eigenvalue weighted by atomic mass is 10.1. The molecule has 156 valence electrons. The molecule has 0 heterocycles. The van der Waals surface area contributed by atoms with Gasteiger partial charge in [-0.2, -0.15) is 0 Å². The largest absolute Gasteiger partial charge is 0.399 e. The second-order valence-corrected chi connectivity index (χ2v) is 6.20. The Hall–Kier alpha value is -2.74. The summed E-state index contributed by atoms with van der Waals surface area (Å²) in [7, 11) is 0. The van der Waals surface area contributed by atoms with E-state index < -0.39 is 11.7 Å². The third-order valence-electron chi connectivity index (χ3n) is 3.64. The molecule has 7 N–H and O–H groups in total. The lowest BCUT2D eigenvalue weighted by molar-refractivity contribution is 0.470. The van der Waals surface area contributed by atoms with Crippen molar-refractivity contribution in [1.82, 2.24) is 10.6 Å². The Balaban J connectivity index is 5.59. The van der Waals surface area contributed by atoms with Crippen LogP contribution in [0.1, 0.15) is 40.5 Å². The van der Waals surface area contributed by atoms with E-state index in [9.17, 15) is 8.78 Å². The van der Waals surface area contributed by atoms with Gasteiger partial charge >= 0.3 is 0 Å². The maximum Gasteiger partial charge on any atom is 0.165 e. The van der Waals surface area contributed by atoms with Crippen molar-refractivity contribution in [2.24, 2.45) is 16.5 Å². The predicted octanol–water partition coefficient (Wildman–Crippen LogP) is 3.67. The Kier molecular flexibility index (Phi) is 12.1. The van der Waals surface area contributed by atoms with Crippen LogP contribution in [0.25, 0.3) is 0 Å². The zero-order valence-electron chi connectivity index (χ0n) is 17.0. The molecule has 0 bridgehead atoms. The number of nitrogens with one attached hydrogen (secondary N) is 3. The van der Waals surface area contributed by atoms with Gasteiger partial charge in [-0.05, 0) is 44.9 Å². The van der Waals surface area contributed by atoms with E-state index in [-0.39, 0.29) is 29.3 Å². The second-order valence-electron chi connectivity index (χ2n) is 6.20. The fourth-order valence-corrected chi connectivity index (χ4v) is 1.90. The topological polar surface area (TPSA) is 112 Å². The number of rotatable bonds is 12. The Morgan fingerprint density at radius 3 is 2.43 bits per heavy atom. The minimum absolute atomic E-state index is 0.0510. The quantitative estimate of drug-likeness (QED) is 0.197. The van der Waals surface area contributed by atoms with Crippen molar-refractivity contribution >= 4 is 12.1 Å². The number of aliphatic imine (C=N–C) groups is 1. The number of nitrogens with two attached hydrogens (primary N) is 2. The standard InChI is InChI=1S/C20H32F2N6/c1-6-8-16(11-18(22)14(4)24)26-12-27-20(17(21)10-9-13(3)23)28-15(5)19(25)7-2/h8-12,15,19,24,28H,3,6-7,23,25H2,1-2,4-5H3,(H,26,27)/b10-9+,16-8+,18-11+,20-17-,24-14?. The molecule has 0 saturated carbocycles. The summed E-state index contributed by atoms with van der Waals surface area (Å²) < 4.78 is 28.2. The van der Waals surface area contributed by atoms with Crippen LogP contribution in [-0.2, 0) is 0 Å². The highest BCUT2D eigenvalue weighted by Gasteiger charge is 2.13. The van der Waals surface area contributed by atoms with Gasteiger partial charge in [-0.25, -0.2) is 13.8 Å². The smallest absolute Gasteiger partial charge is 0.165 e. The molecule has 0 aliphatic heterocycles. The van der Waals surface area contributed by atoms with Gasteiger partial charge in [0, 0.05) is 23.5 Å². The van der Waals surface area contributed by atoms with Gasteiger partial charge in [0.15, 0.2) is 11.6 Å². The monoisotopic (exact) mass is 394 g/mol. The predicted molar refractivity (Wildman–Crippen MR) is 114 cm³/mol. The lowest BCUT2D eigenvalue weighted by Gasteiger charge is -2.21. The highest BCUT2D eigenvalue weighted by Crippen LogP contribution is 2.10. The Bertz CT molecular complexity index is 689. The van der Waals surface area contributed by atoms with E-state index in [2.05, 4.69) is 22.2 Å². The summed E-state index contributed by atoms with van der Waals surface area (Å²) in [4.78, 5) is 4.07. The minimum Gasteiger partial charge on any atom is -0.399 e. The average molecular weight is 395 g/mol. The van der Waals surface area contributed by atoms with Crippen LogP contribution in [-0.4, -0.2) is 24.1 Å². The molecule has 0 spiro atoms. The van der Waals surface area contributed by atoms with E-state index in [1.54, 1.807) is 6.08 Å². The summed E-state index contributed by atoms with van der Waals surface area (Å²) in [6.07, 6.45) is 7.94. The molecule has 0 aliphatic carbocycles. The van der Waals surface area contributed by atoms with Crippen molar-refractivity contribution in [3.8, 4) is 0 Å². The van der Waals surface area contributed by atoms with Gasteiger partial charge in [-0.3, -0.25) is 0 Å². The van der Waals surface area contributed by atoms with Crippen LogP contribution in [0.15, 0.2) is 64.7 Å². The SMILES string of the molecule is C=C(N)/C=C/C(F)=C(\N=C\NC(=C/CC)/C=C(/F)C(C)=N)NC(C)C(N)CC. The third kappa shape index (κ3) is 10.4. The molecule has 0 fully saturated rings. The molecule has 2 unspecified atom stereocenters. The molecule has 0 aromatic carbocycles. The maximum atomic E-state index is 14.5. The average Bonchev–Trinajstić information content (AvgIpc) is 2.64. The molecule has 0 radical (unpaired) electrons. The first-order valence-electron chi connectivity index (χ1n) is 9.08. The van der Waals surface area contributed by atoms with E-state index >= 15 is 0 Å². The van der Waals surface area contributed by atoms with Crippen molar-refractivity contribution in [3.05, 3.63) is 59.8 Å². The molecule has 6 nitrogen and oxygen atoms in total. The molecule has 0 aromatic heterocycles. The molecule has 2 atom stereocenters. The molecule has 8 heteroatoms. The summed E-state index contributed by atoms with van der Waals surface area (Å²) in [5.41, 5.74) is 11.8. The molecular formula is C20H32F2N6. The van der Waals surface area contributed by atoms with Crippen LogP contribution < -0.4 is 22.1 Å². The van der Waals surface area contributed by atoms with Gasteiger partial charge in [0.25, 0.3) is 0 Å². The second kappa shape index (κ2) is 13.4. The van der Waals surface area contributed by atoms with Crippen molar-refractivity contribution < 1.29 is 8.78 Å². The van der Waals surface area contributed by atoms with Gasteiger partial charge in [0.2, 0.25) is 0 Å². The van der Waals surface area contributed by atoms with Crippen molar-refractivity contribution in [2.75, 3.05) is 0 Å². The first kappa shape index (κ1) is 25.3. The molecular weight excluding hydrogens is 362 g/mol. The molecule has 0 rings (SSSR count). The van der Waals surface area contributed by atoms with E-state index in [4.69, 9.17) is 16.9 Å². The highest BCUT2D eigenvalue weighted by molar-refractivity contribution is 5.94. The van der Waals surface area contributed by atoms with Gasteiger partial charge in [0.1, 0.15) is 5.83 Å². The number of hydrogen-bond acceptors (Lipinski definition) is 5. The van der Waals surface area contributed by atoms with Gasteiger partial charge < -0.3 is 27.5 Å². The number of nitrogens with zero attached hydrogens (tertiary/aromatic N) is 1. The van der Waals surface area contributed by atoms with E-state index in [1.807, 2.05) is 20.8 Å². The Morgan fingerprint density at radius 2 is 1.93 bits per heavy atom. The fourth-order valence-electron chi connectivity index (χ4n) is 1.90. The van der Waals surface area contributed by atoms with Crippen molar-refractivity contribution in [2.45, 2.75) is 52.6 Å². The first-order chi connectivity index (χ1) is 13.1. The molecule has 0 amide bonds. The number of halogens is 2. The normalized spacial score (nSPS) is 16.1. The summed E-state index contributed by atoms with van der Waals surface area (Å²) in [6, 6.07) is -0.427. The van der Waals surface area contributed by atoms with Gasteiger partial charge in [-0.15, -0.1) is 0 Å². The van der Waals surface area contributed by atoms with Crippen LogP contribution >= 0.6 is 0 Å². The summed E-state index contributed by atoms with van der Waals surface area (Å²) >= 11 is 0. The molecule has 28 heavy (non-hydrogen) atoms. The van der Waals surface area contributed by atoms with Gasteiger partial charge in [-0.1, -0.05) is 26.5 Å². The minimum atomic E-state index is -0.674. The fraction of sp³-hybridized carbons (Fsp3) is 0.400. The molecule has 0 aromatic rings. The molecule has 0 saturated heterocycles. The van der Waals surface area contributed by atoms with Crippen LogP contribution in [0.3, 0.4) is 0 Å². The summed E-state index contributed by atoms with van der Waals surface area (Å²) in [6.45, 7) is 10.5. The van der Waals surface area contributed by atoms with Crippen molar-refractivity contribution in [3.63, 3.8) is 0 Å². The zero-order valence-corrected chi connectivity index (χ0v) is 17.0. The van der Waals surface area contributed by atoms with Gasteiger partial charge in [0.05, 0.1) is 12.1 Å².